The molecule has 1 N–H and O–H groups in total. The Balaban J connectivity index is 2.37. The van der Waals surface area contributed by atoms with Gasteiger partial charge in [-0.25, -0.2) is 21.6 Å². The van der Waals surface area contributed by atoms with Gasteiger partial charge in [-0.3, -0.25) is 0 Å². The number of sulfonamides is 1. The third kappa shape index (κ3) is 6.44. The molecule has 0 heterocycles. The number of sulfone groups is 1. The van der Waals surface area contributed by atoms with Gasteiger partial charge in [-0.05, 0) is 43.7 Å². The Morgan fingerprint density at radius 2 is 1.45 bits per heavy atom. The number of rotatable bonds is 7. The number of benzene rings is 2. The minimum Gasteiger partial charge on any atom is -0.406 e. The summed E-state index contributed by atoms with van der Waals surface area (Å²) in [6.45, 7) is 3.20. The molecule has 160 valence electrons. The highest BCUT2D eigenvalue weighted by Gasteiger charge is 2.33. The molecule has 11 heteroatoms. The molecular weight excluding hydrogens is 431 g/mol. The predicted octanol–water partition coefficient (Wildman–Crippen LogP) is 3.35. The summed E-state index contributed by atoms with van der Waals surface area (Å²) in [6.07, 6.45) is -3.91. The number of ether oxygens (including phenoxy) is 1. The van der Waals surface area contributed by atoms with Crippen molar-refractivity contribution < 1.29 is 34.7 Å². The molecule has 0 radical (unpaired) electrons. The Morgan fingerprint density at radius 1 is 0.931 bits per heavy atom. The Bertz CT molecular complexity index is 1050. The SMILES string of the molecule is Cc1ccc([C@@H](NS(=O)(=O)c2ccc(OC(F)(F)F)cc2)[C@H](C)S(C)(=O)=O)cc1. The Kier molecular flexibility index (Phi) is 6.65. The van der Waals surface area contributed by atoms with Crippen LogP contribution in [0, 0.1) is 6.92 Å². The Labute approximate surface area is 167 Å². The van der Waals surface area contributed by atoms with E-state index < -0.39 is 43.3 Å². The third-order valence-electron chi connectivity index (χ3n) is 4.23. The zero-order chi connectivity index (χ0) is 22.0. The molecule has 0 bridgehead atoms. The van der Waals surface area contributed by atoms with Gasteiger partial charge < -0.3 is 4.74 Å². The lowest BCUT2D eigenvalue weighted by molar-refractivity contribution is -0.274. The average Bonchev–Trinajstić information content (AvgIpc) is 2.58. The first-order valence-corrected chi connectivity index (χ1v) is 11.8. The molecule has 0 aliphatic carbocycles. The van der Waals surface area contributed by atoms with Gasteiger partial charge in [0, 0.05) is 6.26 Å². The molecule has 0 aromatic heterocycles. The summed E-state index contributed by atoms with van der Waals surface area (Å²) < 4.78 is 92.4. The molecule has 2 aromatic rings. The van der Waals surface area contributed by atoms with E-state index >= 15 is 0 Å². The Hall–Kier alpha value is -2.11. The largest absolute Gasteiger partial charge is 0.573 e. The van der Waals surface area contributed by atoms with E-state index in [0.29, 0.717) is 5.56 Å². The van der Waals surface area contributed by atoms with Crippen molar-refractivity contribution in [1.82, 2.24) is 4.72 Å². The molecule has 29 heavy (non-hydrogen) atoms. The molecule has 0 spiro atoms. The van der Waals surface area contributed by atoms with E-state index in [1.807, 2.05) is 6.92 Å². The van der Waals surface area contributed by atoms with Crippen molar-refractivity contribution in [2.75, 3.05) is 6.26 Å². The lowest BCUT2D eigenvalue weighted by atomic mass is 10.0. The summed E-state index contributed by atoms with van der Waals surface area (Å²) in [7, 11) is -7.85. The zero-order valence-corrected chi connectivity index (χ0v) is 17.4. The summed E-state index contributed by atoms with van der Waals surface area (Å²) in [5.74, 6) is -0.573. The minimum absolute atomic E-state index is 0.329. The maximum absolute atomic E-state index is 12.7. The van der Waals surface area contributed by atoms with Gasteiger partial charge in [0.25, 0.3) is 0 Å². The van der Waals surface area contributed by atoms with E-state index in [1.54, 1.807) is 24.3 Å². The van der Waals surface area contributed by atoms with Gasteiger partial charge in [0.05, 0.1) is 16.2 Å². The van der Waals surface area contributed by atoms with Crippen LogP contribution in [0.2, 0.25) is 0 Å². The Morgan fingerprint density at radius 3 is 1.90 bits per heavy atom. The van der Waals surface area contributed by atoms with Gasteiger partial charge >= 0.3 is 6.36 Å². The third-order valence-corrected chi connectivity index (χ3v) is 7.31. The normalized spacial score (nSPS) is 15.0. The van der Waals surface area contributed by atoms with Crippen LogP contribution in [0.4, 0.5) is 13.2 Å². The van der Waals surface area contributed by atoms with E-state index in [-0.39, 0.29) is 4.90 Å². The summed E-state index contributed by atoms with van der Waals surface area (Å²) in [5, 5.41) is -1.09. The molecule has 0 aliphatic heterocycles. The van der Waals surface area contributed by atoms with Crippen LogP contribution in [0.5, 0.6) is 5.75 Å². The molecule has 2 aromatic carbocycles. The van der Waals surface area contributed by atoms with E-state index in [2.05, 4.69) is 9.46 Å². The molecule has 0 amide bonds. The highest BCUT2D eigenvalue weighted by molar-refractivity contribution is 7.91. The standard InChI is InChI=1S/C18H20F3NO5S2/c1-12-4-6-14(7-5-12)17(13(2)28(3,23)24)22-29(25,26)16-10-8-15(9-11-16)27-18(19,20)21/h4-11,13,17,22H,1-3H3/t13-,17-/m0/s1. The maximum Gasteiger partial charge on any atom is 0.573 e. The second-order valence-electron chi connectivity index (χ2n) is 6.56. The fraction of sp³-hybridized carbons (Fsp3) is 0.333. The van der Waals surface area contributed by atoms with Crippen molar-refractivity contribution in [2.45, 2.75) is 36.4 Å². The monoisotopic (exact) mass is 451 g/mol. The fourth-order valence-electron chi connectivity index (χ4n) is 2.51. The van der Waals surface area contributed by atoms with E-state index in [4.69, 9.17) is 0 Å². The first-order chi connectivity index (χ1) is 13.2. The quantitative estimate of drug-likeness (QED) is 0.697. The van der Waals surface area contributed by atoms with Crippen LogP contribution in [0.15, 0.2) is 53.4 Å². The van der Waals surface area contributed by atoms with Crippen molar-refractivity contribution in [1.29, 1.82) is 0 Å². The first-order valence-electron chi connectivity index (χ1n) is 8.32. The average molecular weight is 451 g/mol. The van der Waals surface area contributed by atoms with Crippen molar-refractivity contribution in [3.05, 3.63) is 59.7 Å². The molecule has 0 saturated carbocycles. The van der Waals surface area contributed by atoms with E-state index in [1.165, 1.54) is 6.92 Å². The highest BCUT2D eigenvalue weighted by Crippen LogP contribution is 2.27. The molecule has 0 aliphatic rings. The second kappa shape index (κ2) is 8.33. The van der Waals surface area contributed by atoms with Gasteiger partial charge in [-0.1, -0.05) is 29.8 Å². The molecular formula is C18H20F3NO5S2. The van der Waals surface area contributed by atoms with E-state index in [9.17, 15) is 30.0 Å². The summed E-state index contributed by atoms with van der Waals surface area (Å²) in [5.41, 5.74) is 1.34. The highest BCUT2D eigenvalue weighted by atomic mass is 32.2. The van der Waals surface area contributed by atoms with Crippen LogP contribution in [-0.4, -0.2) is 34.7 Å². The van der Waals surface area contributed by atoms with E-state index in [0.717, 1.165) is 36.1 Å². The number of nitrogens with one attached hydrogen (secondary N) is 1. The number of aryl methyl sites for hydroxylation is 1. The first kappa shape index (κ1) is 23.2. The van der Waals surface area contributed by atoms with Crippen molar-refractivity contribution in [3.8, 4) is 5.75 Å². The van der Waals surface area contributed by atoms with Crippen LogP contribution in [-0.2, 0) is 19.9 Å². The zero-order valence-electron chi connectivity index (χ0n) is 15.8. The maximum atomic E-state index is 12.7. The van der Waals surface area contributed by atoms with Gasteiger partial charge in [-0.2, -0.15) is 0 Å². The summed E-state index contributed by atoms with van der Waals surface area (Å²) in [4.78, 5) is -0.329. The van der Waals surface area contributed by atoms with Crippen molar-refractivity contribution in [2.24, 2.45) is 0 Å². The lowest BCUT2D eigenvalue weighted by Crippen LogP contribution is -2.38. The lowest BCUT2D eigenvalue weighted by Gasteiger charge is -2.24. The number of hydrogen-bond donors (Lipinski definition) is 1. The molecule has 6 nitrogen and oxygen atoms in total. The van der Waals surface area contributed by atoms with Crippen molar-refractivity contribution in [3.63, 3.8) is 0 Å². The van der Waals surface area contributed by atoms with Gasteiger partial charge in [0.1, 0.15) is 5.75 Å². The van der Waals surface area contributed by atoms with Crippen LogP contribution < -0.4 is 9.46 Å². The second-order valence-corrected chi connectivity index (χ2v) is 10.7. The number of hydrogen-bond acceptors (Lipinski definition) is 5. The minimum atomic E-state index is -4.90. The molecule has 2 rings (SSSR count). The summed E-state index contributed by atoms with van der Waals surface area (Å²) in [6, 6.07) is 9.19. The van der Waals surface area contributed by atoms with Crippen molar-refractivity contribution >= 4 is 19.9 Å². The van der Waals surface area contributed by atoms with Crippen LogP contribution in [0.25, 0.3) is 0 Å². The molecule has 0 saturated heterocycles. The molecule has 0 unspecified atom stereocenters. The van der Waals surface area contributed by atoms with Crippen LogP contribution in [0.1, 0.15) is 24.1 Å². The van der Waals surface area contributed by atoms with Gasteiger partial charge in [0.15, 0.2) is 9.84 Å². The molecule has 2 atom stereocenters. The number of halogens is 3. The fourth-order valence-corrected chi connectivity index (χ4v) is 4.62. The van der Waals surface area contributed by atoms with Gasteiger partial charge in [-0.15, -0.1) is 13.2 Å². The molecule has 0 fully saturated rings. The topological polar surface area (TPSA) is 89.5 Å². The van der Waals surface area contributed by atoms with Crippen LogP contribution >= 0.6 is 0 Å². The van der Waals surface area contributed by atoms with Crippen LogP contribution in [0.3, 0.4) is 0 Å². The smallest absolute Gasteiger partial charge is 0.406 e. The summed E-state index contributed by atoms with van der Waals surface area (Å²) >= 11 is 0. The predicted molar refractivity (Wildman–Crippen MR) is 102 cm³/mol. The van der Waals surface area contributed by atoms with Gasteiger partial charge in [0.2, 0.25) is 10.0 Å². The number of alkyl halides is 3.